The van der Waals surface area contributed by atoms with Crippen LogP contribution in [0.1, 0.15) is 30.6 Å². The van der Waals surface area contributed by atoms with Gasteiger partial charge in [0.05, 0.1) is 23.5 Å². The molecule has 0 saturated carbocycles. The molecule has 1 amide bonds. The van der Waals surface area contributed by atoms with Crippen molar-refractivity contribution in [1.82, 2.24) is 14.9 Å². The Bertz CT molecular complexity index is 776. The zero-order chi connectivity index (χ0) is 15.5. The Kier molecular flexibility index (Phi) is 4.24. The third-order valence-corrected chi connectivity index (χ3v) is 4.56. The predicted molar refractivity (Wildman–Crippen MR) is 90.0 cm³/mol. The molecule has 0 fully saturated rings. The van der Waals surface area contributed by atoms with Gasteiger partial charge < -0.3 is 9.88 Å². The summed E-state index contributed by atoms with van der Waals surface area (Å²) in [5.41, 5.74) is 2.08. The van der Waals surface area contributed by atoms with Crippen LogP contribution in [0.25, 0.3) is 11.0 Å². The lowest BCUT2D eigenvalue weighted by Gasteiger charge is -2.15. The quantitative estimate of drug-likeness (QED) is 0.783. The molecule has 3 rings (SSSR count). The number of nitrogens with one attached hydrogen (secondary N) is 1. The Morgan fingerprint density at radius 1 is 1.32 bits per heavy atom. The van der Waals surface area contributed by atoms with Crippen molar-refractivity contribution in [2.75, 3.05) is 0 Å². The average molecular weight is 313 g/mol. The van der Waals surface area contributed by atoms with Crippen molar-refractivity contribution < 1.29 is 4.79 Å². The number of hydrogen-bond donors (Lipinski definition) is 1. The minimum absolute atomic E-state index is 0.0321. The summed E-state index contributed by atoms with van der Waals surface area (Å²) in [5.74, 6) is 0.938. The highest BCUT2D eigenvalue weighted by Crippen LogP contribution is 2.21. The number of thiophene rings is 1. The minimum Gasteiger partial charge on any atom is -0.346 e. The number of nitrogens with zero attached hydrogens (tertiary/aromatic N) is 2. The van der Waals surface area contributed by atoms with Crippen LogP contribution in [0.5, 0.6) is 0 Å². The molecule has 0 bridgehead atoms. The van der Waals surface area contributed by atoms with Crippen molar-refractivity contribution in [2.45, 2.75) is 32.9 Å². The molecule has 0 aliphatic heterocycles. The molecule has 1 N–H and O–H groups in total. The Labute approximate surface area is 133 Å². The lowest BCUT2D eigenvalue weighted by molar-refractivity contribution is -0.121. The molecule has 22 heavy (non-hydrogen) atoms. The summed E-state index contributed by atoms with van der Waals surface area (Å²) in [7, 11) is 0. The molecule has 0 aliphatic carbocycles. The first-order valence-corrected chi connectivity index (χ1v) is 8.34. The van der Waals surface area contributed by atoms with E-state index < -0.39 is 0 Å². The van der Waals surface area contributed by atoms with Crippen LogP contribution in [0.15, 0.2) is 41.8 Å². The standard InChI is InChI=1S/C17H19N3OS/c1-3-20-15-9-5-4-8-14(15)19-17(20)12(2)18-16(21)11-13-7-6-10-22-13/h4-10,12H,3,11H2,1-2H3,(H,18,21)/t12-/m0/s1. The van der Waals surface area contributed by atoms with Crippen LogP contribution in [-0.2, 0) is 17.8 Å². The second-order valence-electron chi connectivity index (χ2n) is 5.25. The van der Waals surface area contributed by atoms with Gasteiger partial charge in [0.2, 0.25) is 5.91 Å². The highest BCUT2D eigenvalue weighted by Gasteiger charge is 2.17. The van der Waals surface area contributed by atoms with E-state index in [1.165, 1.54) is 0 Å². The van der Waals surface area contributed by atoms with E-state index in [4.69, 9.17) is 0 Å². The number of rotatable bonds is 5. The number of benzene rings is 1. The summed E-state index contributed by atoms with van der Waals surface area (Å²) in [5, 5.41) is 5.04. The highest BCUT2D eigenvalue weighted by molar-refractivity contribution is 7.10. The summed E-state index contributed by atoms with van der Waals surface area (Å²) >= 11 is 1.60. The molecular weight excluding hydrogens is 294 g/mol. The van der Waals surface area contributed by atoms with Crippen LogP contribution in [0.2, 0.25) is 0 Å². The van der Waals surface area contributed by atoms with E-state index in [0.717, 1.165) is 28.3 Å². The normalized spacial score (nSPS) is 12.5. The molecular formula is C17H19N3OS. The minimum atomic E-state index is -0.111. The van der Waals surface area contributed by atoms with Gasteiger partial charge in [0, 0.05) is 11.4 Å². The van der Waals surface area contributed by atoms with Crippen molar-refractivity contribution in [2.24, 2.45) is 0 Å². The molecule has 114 valence electrons. The third-order valence-electron chi connectivity index (χ3n) is 3.68. The lowest BCUT2D eigenvalue weighted by Crippen LogP contribution is -2.29. The summed E-state index contributed by atoms with van der Waals surface area (Å²) in [6, 6.07) is 11.9. The molecule has 2 heterocycles. The van der Waals surface area contributed by atoms with Crippen molar-refractivity contribution in [1.29, 1.82) is 0 Å². The van der Waals surface area contributed by atoms with Crippen LogP contribution < -0.4 is 5.32 Å². The molecule has 0 unspecified atom stereocenters. The monoisotopic (exact) mass is 313 g/mol. The number of aryl methyl sites for hydroxylation is 1. The van der Waals surface area contributed by atoms with Crippen LogP contribution in [0.4, 0.5) is 0 Å². The summed E-state index contributed by atoms with van der Waals surface area (Å²) in [4.78, 5) is 17.9. The lowest BCUT2D eigenvalue weighted by atomic mass is 10.2. The van der Waals surface area contributed by atoms with Crippen molar-refractivity contribution >= 4 is 28.3 Å². The Morgan fingerprint density at radius 3 is 2.86 bits per heavy atom. The first kappa shape index (κ1) is 14.8. The Balaban J connectivity index is 1.79. The molecule has 0 saturated heterocycles. The summed E-state index contributed by atoms with van der Waals surface area (Å²) < 4.78 is 2.16. The molecule has 5 heteroatoms. The third kappa shape index (κ3) is 2.90. The maximum Gasteiger partial charge on any atom is 0.225 e. The van der Waals surface area contributed by atoms with E-state index in [0.29, 0.717) is 6.42 Å². The SMILES string of the molecule is CCn1c([C@H](C)NC(=O)Cc2cccs2)nc2ccccc21. The van der Waals surface area contributed by atoms with Gasteiger partial charge in [-0.05, 0) is 37.4 Å². The van der Waals surface area contributed by atoms with Crippen LogP contribution >= 0.6 is 11.3 Å². The van der Waals surface area contributed by atoms with E-state index in [1.807, 2.05) is 42.6 Å². The van der Waals surface area contributed by atoms with Gasteiger partial charge in [-0.2, -0.15) is 0 Å². The van der Waals surface area contributed by atoms with Crippen LogP contribution in [0.3, 0.4) is 0 Å². The second kappa shape index (κ2) is 6.32. The highest BCUT2D eigenvalue weighted by atomic mass is 32.1. The molecule has 3 aromatic rings. The Morgan fingerprint density at radius 2 is 2.14 bits per heavy atom. The maximum atomic E-state index is 12.2. The van der Waals surface area contributed by atoms with Gasteiger partial charge in [-0.3, -0.25) is 4.79 Å². The fourth-order valence-electron chi connectivity index (χ4n) is 2.69. The molecule has 4 nitrogen and oxygen atoms in total. The number of amides is 1. The molecule has 0 radical (unpaired) electrons. The predicted octanol–water partition coefficient (Wildman–Crippen LogP) is 3.54. The average Bonchev–Trinajstić information content (AvgIpc) is 3.13. The first-order chi connectivity index (χ1) is 10.7. The topological polar surface area (TPSA) is 46.9 Å². The second-order valence-corrected chi connectivity index (χ2v) is 6.28. The van der Waals surface area contributed by atoms with Crippen molar-refractivity contribution in [3.63, 3.8) is 0 Å². The van der Waals surface area contributed by atoms with E-state index in [9.17, 15) is 4.79 Å². The number of carbonyl (C=O) groups excluding carboxylic acids is 1. The molecule has 1 atom stereocenters. The number of fused-ring (bicyclic) bond motifs is 1. The zero-order valence-corrected chi connectivity index (χ0v) is 13.6. The largest absolute Gasteiger partial charge is 0.346 e. The van der Waals surface area contributed by atoms with Crippen molar-refractivity contribution in [3.8, 4) is 0 Å². The van der Waals surface area contributed by atoms with Gasteiger partial charge >= 0.3 is 0 Å². The van der Waals surface area contributed by atoms with Gasteiger partial charge in [0.15, 0.2) is 0 Å². The van der Waals surface area contributed by atoms with Gasteiger partial charge in [-0.15, -0.1) is 11.3 Å². The molecule has 0 spiro atoms. The maximum absolute atomic E-state index is 12.2. The van der Waals surface area contributed by atoms with Gasteiger partial charge in [-0.1, -0.05) is 18.2 Å². The van der Waals surface area contributed by atoms with Gasteiger partial charge in [-0.25, -0.2) is 4.98 Å². The fourth-order valence-corrected chi connectivity index (χ4v) is 3.39. The molecule has 0 aliphatic rings. The number of aromatic nitrogens is 2. The number of imidazole rings is 1. The Hall–Kier alpha value is -2.14. The summed E-state index contributed by atoms with van der Waals surface area (Å²) in [6.45, 7) is 4.92. The number of hydrogen-bond acceptors (Lipinski definition) is 3. The van der Waals surface area contributed by atoms with Crippen LogP contribution in [-0.4, -0.2) is 15.5 Å². The first-order valence-electron chi connectivity index (χ1n) is 7.46. The van der Waals surface area contributed by atoms with E-state index in [2.05, 4.69) is 27.9 Å². The van der Waals surface area contributed by atoms with E-state index in [1.54, 1.807) is 11.3 Å². The fraction of sp³-hybridized carbons (Fsp3) is 0.294. The smallest absolute Gasteiger partial charge is 0.225 e. The van der Waals surface area contributed by atoms with Gasteiger partial charge in [0.25, 0.3) is 0 Å². The summed E-state index contributed by atoms with van der Waals surface area (Å²) in [6.07, 6.45) is 0.425. The molecule has 1 aromatic carbocycles. The number of carbonyl (C=O) groups is 1. The zero-order valence-electron chi connectivity index (χ0n) is 12.7. The van der Waals surface area contributed by atoms with E-state index >= 15 is 0 Å². The van der Waals surface area contributed by atoms with E-state index in [-0.39, 0.29) is 11.9 Å². The van der Waals surface area contributed by atoms with Gasteiger partial charge in [0.1, 0.15) is 5.82 Å². The van der Waals surface area contributed by atoms with Crippen LogP contribution in [0, 0.1) is 0 Å². The number of para-hydroxylation sites is 2. The molecule has 2 aromatic heterocycles. The van der Waals surface area contributed by atoms with Crippen molar-refractivity contribution in [3.05, 3.63) is 52.5 Å².